The van der Waals surface area contributed by atoms with E-state index in [1.807, 2.05) is 0 Å². The predicted octanol–water partition coefficient (Wildman–Crippen LogP) is 3.07. The molecule has 2 fully saturated rings. The second-order valence-corrected chi connectivity index (χ2v) is 5.97. The van der Waals surface area contributed by atoms with E-state index in [4.69, 9.17) is 4.74 Å². The molecule has 2 aliphatic rings. The summed E-state index contributed by atoms with van der Waals surface area (Å²) >= 11 is 3.48. The Balaban J connectivity index is 1.53. The fourth-order valence-electron chi connectivity index (χ4n) is 2.62. The predicted molar refractivity (Wildman–Crippen MR) is 72.3 cm³/mol. The summed E-state index contributed by atoms with van der Waals surface area (Å²) in [5.41, 5.74) is 1.47. The van der Waals surface area contributed by atoms with Crippen molar-refractivity contribution in [2.24, 2.45) is 0 Å². The van der Waals surface area contributed by atoms with Gasteiger partial charge in [0, 0.05) is 35.7 Å². The van der Waals surface area contributed by atoms with Crippen LogP contribution >= 0.6 is 15.9 Å². The zero-order chi connectivity index (χ0) is 11.7. The molecule has 1 aromatic carbocycles. The smallest absolute Gasteiger partial charge is 0.0480 e. The molecule has 1 saturated carbocycles. The molecule has 2 atom stereocenters. The number of benzene rings is 1. The Labute approximate surface area is 111 Å². The van der Waals surface area contributed by atoms with Gasteiger partial charge in [-0.25, -0.2) is 0 Å². The maximum absolute atomic E-state index is 5.38. The molecule has 1 saturated heterocycles. The van der Waals surface area contributed by atoms with Crippen LogP contribution < -0.4 is 5.32 Å². The van der Waals surface area contributed by atoms with Crippen LogP contribution in [-0.2, 0) is 4.74 Å². The summed E-state index contributed by atoms with van der Waals surface area (Å²) in [4.78, 5) is 0. The van der Waals surface area contributed by atoms with Crippen molar-refractivity contribution in [2.75, 3.05) is 13.2 Å². The lowest BCUT2D eigenvalue weighted by Gasteiger charge is -2.23. The summed E-state index contributed by atoms with van der Waals surface area (Å²) in [6.07, 6.45) is 3.63. The molecule has 2 unspecified atom stereocenters. The van der Waals surface area contributed by atoms with E-state index in [1.165, 1.54) is 24.8 Å². The average Bonchev–Trinajstić information content (AvgIpc) is 3.11. The van der Waals surface area contributed by atoms with E-state index >= 15 is 0 Å². The van der Waals surface area contributed by atoms with Gasteiger partial charge in [-0.1, -0.05) is 28.1 Å². The van der Waals surface area contributed by atoms with Gasteiger partial charge in [-0.15, -0.1) is 0 Å². The number of ether oxygens (including phenoxy) is 1. The van der Waals surface area contributed by atoms with Crippen molar-refractivity contribution < 1.29 is 4.74 Å². The third kappa shape index (κ3) is 2.90. The van der Waals surface area contributed by atoms with Crippen LogP contribution in [0.3, 0.4) is 0 Å². The van der Waals surface area contributed by atoms with Crippen LogP contribution in [0.2, 0.25) is 0 Å². The maximum atomic E-state index is 5.38. The topological polar surface area (TPSA) is 21.3 Å². The molecular formula is C14H18BrNO. The van der Waals surface area contributed by atoms with Gasteiger partial charge < -0.3 is 10.1 Å². The van der Waals surface area contributed by atoms with Crippen molar-refractivity contribution in [1.82, 2.24) is 5.32 Å². The molecule has 1 aliphatic carbocycles. The van der Waals surface area contributed by atoms with Crippen molar-refractivity contribution in [1.29, 1.82) is 0 Å². The second-order valence-electron chi connectivity index (χ2n) is 5.05. The highest BCUT2D eigenvalue weighted by Crippen LogP contribution is 2.41. The third-order valence-electron chi connectivity index (χ3n) is 3.76. The quantitative estimate of drug-likeness (QED) is 0.925. The van der Waals surface area contributed by atoms with Crippen molar-refractivity contribution in [3.8, 4) is 0 Å². The average molecular weight is 296 g/mol. The van der Waals surface area contributed by atoms with Gasteiger partial charge in [-0.2, -0.15) is 0 Å². The molecule has 17 heavy (non-hydrogen) atoms. The first kappa shape index (κ1) is 11.7. The number of rotatable bonds is 3. The normalized spacial score (nSPS) is 29.2. The standard InChI is InChI=1S/C14H18BrNO/c15-11-3-1-10(2-4-11)13-9-14(13)16-12-5-7-17-8-6-12/h1-4,12-14,16H,5-9H2. The summed E-state index contributed by atoms with van der Waals surface area (Å²) in [6, 6.07) is 10.1. The summed E-state index contributed by atoms with van der Waals surface area (Å²) in [7, 11) is 0. The minimum absolute atomic E-state index is 0.675. The fraction of sp³-hybridized carbons (Fsp3) is 0.571. The highest BCUT2D eigenvalue weighted by molar-refractivity contribution is 9.10. The summed E-state index contributed by atoms with van der Waals surface area (Å²) in [5.74, 6) is 0.728. The molecule has 0 bridgehead atoms. The molecule has 0 spiro atoms. The highest BCUT2D eigenvalue weighted by atomic mass is 79.9. The van der Waals surface area contributed by atoms with Gasteiger partial charge in [-0.3, -0.25) is 0 Å². The number of nitrogens with one attached hydrogen (secondary N) is 1. The molecule has 92 valence electrons. The van der Waals surface area contributed by atoms with E-state index in [2.05, 4.69) is 45.5 Å². The Hall–Kier alpha value is -0.380. The van der Waals surface area contributed by atoms with Crippen LogP contribution in [0, 0.1) is 0 Å². The Morgan fingerprint density at radius 1 is 1.12 bits per heavy atom. The summed E-state index contributed by atoms with van der Waals surface area (Å²) < 4.78 is 6.54. The van der Waals surface area contributed by atoms with Crippen LogP contribution in [0.4, 0.5) is 0 Å². The van der Waals surface area contributed by atoms with Crippen molar-refractivity contribution in [2.45, 2.75) is 37.3 Å². The van der Waals surface area contributed by atoms with Crippen LogP contribution in [0.1, 0.15) is 30.7 Å². The van der Waals surface area contributed by atoms with E-state index in [9.17, 15) is 0 Å². The zero-order valence-corrected chi connectivity index (χ0v) is 11.4. The van der Waals surface area contributed by atoms with Gasteiger partial charge in [0.1, 0.15) is 0 Å². The zero-order valence-electron chi connectivity index (χ0n) is 9.86. The molecule has 2 nitrogen and oxygen atoms in total. The van der Waals surface area contributed by atoms with E-state index in [0.29, 0.717) is 12.1 Å². The van der Waals surface area contributed by atoms with E-state index in [0.717, 1.165) is 23.6 Å². The molecular weight excluding hydrogens is 278 g/mol. The van der Waals surface area contributed by atoms with E-state index in [1.54, 1.807) is 0 Å². The van der Waals surface area contributed by atoms with Crippen LogP contribution in [0.25, 0.3) is 0 Å². The van der Waals surface area contributed by atoms with Crippen LogP contribution in [0.5, 0.6) is 0 Å². The van der Waals surface area contributed by atoms with Gasteiger partial charge >= 0.3 is 0 Å². The highest BCUT2D eigenvalue weighted by Gasteiger charge is 2.39. The summed E-state index contributed by atoms with van der Waals surface area (Å²) in [5, 5.41) is 3.76. The molecule has 0 radical (unpaired) electrons. The molecule has 3 heteroatoms. The lowest BCUT2D eigenvalue weighted by molar-refractivity contribution is 0.0774. The molecule has 0 aromatic heterocycles. The minimum Gasteiger partial charge on any atom is -0.381 e. The second kappa shape index (κ2) is 5.09. The number of hydrogen-bond donors (Lipinski definition) is 1. The van der Waals surface area contributed by atoms with Gasteiger partial charge in [0.15, 0.2) is 0 Å². The monoisotopic (exact) mass is 295 g/mol. The Bertz CT molecular complexity index is 372. The first-order valence-electron chi connectivity index (χ1n) is 6.42. The van der Waals surface area contributed by atoms with E-state index < -0.39 is 0 Å². The SMILES string of the molecule is Brc1ccc(C2CC2NC2CCOCC2)cc1. The first-order valence-corrected chi connectivity index (χ1v) is 7.21. The van der Waals surface area contributed by atoms with Crippen LogP contribution in [-0.4, -0.2) is 25.3 Å². The molecule has 1 N–H and O–H groups in total. The number of hydrogen-bond acceptors (Lipinski definition) is 2. The minimum atomic E-state index is 0.675. The molecule has 0 amide bonds. The van der Waals surface area contributed by atoms with Crippen molar-refractivity contribution >= 4 is 15.9 Å². The lowest BCUT2D eigenvalue weighted by Crippen LogP contribution is -2.36. The van der Waals surface area contributed by atoms with E-state index in [-0.39, 0.29) is 0 Å². The lowest BCUT2D eigenvalue weighted by atomic mass is 10.1. The molecule has 3 rings (SSSR count). The number of halogens is 1. The van der Waals surface area contributed by atoms with Gasteiger partial charge in [-0.05, 0) is 37.0 Å². The Morgan fingerprint density at radius 3 is 2.53 bits per heavy atom. The Morgan fingerprint density at radius 2 is 1.82 bits per heavy atom. The van der Waals surface area contributed by atoms with Gasteiger partial charge in [0.2, 0.25) is 0 Å². The van der Waals surface area contributed by atoms with Gasteiger partial charge in [0.25, 0.3) is 0 Å². The molecule has 1 aliphatic heterocycles. The fourth-order valence-corrected chi connectivity index (χ4v) is 2.89. The largest absolute Gasteiger partial charge is 0.381 e. The van der Waals surface area contributed by atoms with Gasteiger partial charge in [0.05, 0.1) is 0 Å². The van der Waals surface area contributed by atoms with Crippen LogP contribution in [0.15, 0.2) is 28.7 Å². The van der Waals surface area contributed by atoms with Crippen molar-refractivity contribution in [3.05, 3.63) is 34.3 Å². The third-order valence-corrected chi connectivity index (χ3v) is 4.29. The molecule has 1 aromatic rings. The van der Waals surface area contributed by atoms with Crippen molar-refractivity contribution in [3.63, 3.8) is 0 Å². The first-order chi connectivity index (χ1) is 8.33. The molecule has 1 heterocycles. The Kier molecular flexibility index (Phi) is 3.50. The summed E-state index contributed by atoms with van der Waals surface area (Å²) in [6.45, 7) is 1.85. The maximum Gasteiger partial charge on any atom is 0.0480 e.